The molecule has 8 nitrogen and oxygen atoms in total. The zero-order valence-electron chi connectivity index (χ0n) is 17.5. The Morgan fingerprint density at radius 2 is 1.03 bits per heavy atom. The summed E-state index contributed by atoms with van der Waals surface area (Å²) in [4.78, 5) is 48.3. The maximum atomic E-state index is 12.3. The molecule has 0 aliphatic heterocycles. The fourth-order valence-corrected chi connectivity index (χ4v) is 4.40. The van der Waals surface area contributed by atoms with E-state index in [4.69, 9.17) is 0 Å². The van der Waals surface area contributed by atoms with Crippen molar-refractivity contribution in [3.8, 4) is 0 Å². The Labute approximate surface area is 188 Å². The summed E-state index contributed by atoms with van der Waals surface area (Å²) in [5.41, 5.74) is -2.79. The van der Waals surface area contributed by atoms with Gasteiger partial charge in [0.25, 0.3) is 0 Å². The maximum absolute atomic E-state index is 12.3. The van der Waals surface area contributed by atoms with Gasteiger partial charge in [-0.15, -0.1) is 0 Å². The third-order valence-electron chi connectivity index (χ3n) is 5.73. The molecular formula is C25H20O8. The smallest absolute Gasteiger partial charge is 0.336 e. The van der Waals surface area contributed by atoms with Crippen LogP contribution in [-0.4, -0.2) is 44.3 Å². The number of hydrogen-bond acceptors (Lipinski definition) is 4. The molecule has 0 unspecified atom stereocenters. The molecule has 0 aliphatic rings. The molecule has 3 aromatic carbocycles. The van der Waals surface area contributed by atoms with Gasteiger partial charge in [-0.05, 0) is 35.2 Å². The molecule has 0 radical (unpaired) electrons. The zero-order chi connectivity index (χ0) is 24.3. The Bertz CT molecular complexity index is 1190. The summed E-state index contributed by atoms with van der Waals surface area (Å²) >= 11 is 0. The van der Waals surface area contributed by atoms with Crippen LogP contribution in [0.25, 0.3) is 0 Å². The van der Waals surface area contributed by atoms with Gasteiger partial charge in [-0.2, -0.15) is 0 Å². The Morgan fingerprint density at radius 1 is 0.606 bits per heavy atom. The van der Waals surface area contributed by atoms with Gasteiger partial charge in [0.05, 0.1) is 22.3 Å². The molecule has 3 aromatic rings. The van der Waals surface area contributed by atoms with E-state index in [1.54, 1.807) is 37.3 Å². The van der Waals surface area contributed by atoms with Crippen molar-refractivity contribution in [1.29, 1.82) is 0 Å². The normalized spacial score (nSPS) is 11.1. The largest absolute Gasteiger partial charge is 0.478 e. The molecular weight excluding hydrogens is 428 g/mol. The van der Waals surface area contributed by atoms with Crippen LogP contribution in [0.15, 0.2) is 66.7 Å². The highest BCUT2D eigenvalue weighted by Gasteiger charge is 2.42. The Balaban J connectivity index is 2.61. The van der Waals surface area contributed by atoms with Crippen LogP contribution >= 0.6 is 0 Å². The van der Waals surface area contributed by atoms with Crippen molar-refractivity contribution in [2.24, 2.45) is 0 Å². The molecule has 0 atom stereocenters. The highest BCUT2D eigenvalue weighted by molar-refractivity contribution is 6.05. The average molecular weight is 448 g/mol. The fraction of sp³-hybridized carbons (Fsp3) is 0.120. The van der Waals surface area contributed by atoms with Crippen molar-refractivity contribution in [3.05, 3.63) is 106 Å². The lowest BCUT2D eigenvalue weighted by Gasteiger charge is -2.37. The molecule has 0 saturated heterocycles. The van der Waals surface area contributed by atoms with E-state index in [1.807, 2.05) is 0 Å². The van der Waals surface area contributed by atoms with E-state index >= 15 is 0 Å². The number of carboxylic acids is 4. The summed E-state index contributed by atoms with van der Waals surface area (Å²) in [5.74, 6) is -5.90. The first-order valence-corrected chi connectivity index (χ1v) is 9.92. The van der Waals surface area contributed by atoms with Crippen molar-refractivity contribution in [2.75, 3.05) is 0 Å². The van der Waals surface area contributed by atoms with Crippen molar-refractivity contribution < 1.29 is 39.6 Å². The van der Waals surface area contributed by atoms with Crippen molar-refractivity contribution in [1.82, 2.24) is 0 Å². The lowest BCUT2D eigenvalue weighted by Crippen LogP contribution is -2.34. The number of carbonyl (C=O) groups is 4. The number of aromatic carboxylic acids is 4. The van der Waals surface area contributed by atoms with E-state index in [9.17, 15) is 39.6 Å². The van der Waals surface area contributed by atoms with Gasteiger partial charge in [-0.3, -0.25) is 0 Å². The van der Waals surface area contributed by atoms with E-state index in [2.05, 4.69) is 0 Å². The Morgan fingerprint density at radius 3 is 1.36 bits per heavy atom. The lowest BCUT2D eigenvalue weighted by molar-refractivity contribution is 0.0647. The molecule has 0 bridgehead atoms. The van der Waals surface area contributed by atoms with Crippen LogP contribution in [-0.2, 0) is 5.41 Å². The van der Waals surface area contributed by atoms with E-state index in [-0.39, 0.29) is 17.5 Å². The third kappa shape index (κ3) is 3.82. The Hall–Kier alpha value is -4.46. The number of rotatable bonds is 8. The molecule has 0 fully saturated rings. The molecule has 8 heteroatoms. The monoisotopic (exact) mass is 448 g/mol. The summed E-state index contributed by atoms with van der Waals surface area (Å²) in [6.45, 7) is 1.70. The van der Waals surface area contributed by atoms with Crippen LogP contribution in [0.1, 0.15) is 71.5 Å². The third-order valence-corrected chi connectivity index (χ3v) is 5.73. The van der Waals surface area contributed by atoms with Gasteiger partial charge >= 0.3 is 23.9 Å². The van der Waals surface area contributed by atoms with Gasteiger partial charge in [0.15, 0.2) is 0 Å². The topological polar surface area (TPSA) is 149 Å². The van der Waals surface area contributed by atoms with Crippen molar-refractivity contribution >= 4 is 23.9 Å². The minimum Gasteiger partial charge on any atom is -0.478 e. The van der Waals surface area contributed by atoms with Gasteiger partial charge in [-0.25, -0.2) is 19.2 Å². The summed E-state index contributed by atoms with van der Waals surface area (Å²) in [6, 6.07) is 16.4. The Kier molecular flexibility index (Phi) is 6.30. The quantitative estimate of drug-likeness (QED) is 0.374. The average Bonchev–Trinajstić information content (AvgIpc) is 2.80. The van der Waals surface area contributed by atoms with Gasteiger partial charge in [0, 0.05) is 5.41 Å². The molecule has 4 N–H and O–H groups in total. The van der Waals surface area contributed by atoms with Crippen molar-refractivity contribution in [3.63, 3.8) is 0 Å². The van der Waals surface area contributed by atoms with Crippen LogP contribution in [0.3, 0.4) is 0 Å². The first-order valence-electron chi connectivity index (χ1n) is 9.92. The lowest BCUT2D eigenvalue weighted by atomic mass is 9.64. The second kappa shape index (κ2) is 8.96. The van der Waals surface area contributed by atoms with Gasteiger partial charge in [0.1, 0.15) is 0 Å². The molecule has 0 spiro atoms. The highest BCUT2D eigenvalue weighted by atomic mass is 16.4. The van der Waals surface area contributed by atoms with E-state index in [1.165, 1.54) is 24.3 Å². The van der Waals surface area contributed by atoms with Crippen LogP contribution < -0.4 is 0 Å². The van der Waals surface area contributed by atoms with Gasteiger partial charge < -0.3 is 20.4 Å². The zero-order valence-corrected chi connectivity index (χ0v) is 17.5. The van der Waals surface area contributed by atoms with Crippen LogP contribution in [0.5, 0.6) is 0 Å². The van der Waals surface area contributed by atoms with Crippen LogP contribution in [0.2, 0.25) is 0 Å². The second-order valence-electron chi connectivity index (χ2n) is 7.30. The standard InChI is InChI=1S/C25H20O8/c1-2-25(14-8-4-3-5-9-14,17-12-6-10-15(21(26)27)19(17)23(30)31)18-13-7-11-16(22(28)29)20(18)24(32)33/h3-13H,2H2,1H3,(H,26,27)(H,28,29)(H,30,31)(H,32,33). The first kappa shape index (κ1) is 23.2. The van der Waals surface area contributed by atoms with E-state index in [0.717, 1.165) is 12.1 Å². The molecule has 168 valence electrons. The molecule has 0 aliphatic carbocycles. The minimum atomic E-state index is -1.50. The van der Waals surface area contributed by atoms with Gasteiger partial charge in [0.2, 0.25) is 0 Å². The summed E-state index contributed by atoms with van der Waals surface area (Å²) < 4.78 is 0. The number of hydrogen-bond donors (Lipinski definition) is 4. The molecule has 0 amide bonds. The highest BCUT2D eigenvalue weighted by Crippen LogP contribution is 2.46. The molecule has 3 rings (SSSR count). The van der Waals surface area contributed by atoms with Crippen LogP contribution in [0.4, 0.5) is 0 Å². The number of carboxylic acid groups (broad SMARTS) is 4. The maximum Gasteiger partial charge on any atom is 0.336 e. The first-order chi connectivity index (χ1) is 15.7. The summed E-state index contributed by atoms with van der Waals surface area (Å²) in [5, 5.41) is 39.3. The predicted molar refractivity (Wildman–Crippen MR) is 117 cm³/mol. The van der Waals surface area contributed by atoms with Gasteiger partial charge in [-0.1, -0.05) is 61.5 Å². The van der Waals surface area contributed by atoms with E-state index < -0.39 is 51.5 Å². The fourth-order valence-electron chi connectivity index (χ4n) is 4.40. The molecule has 0 aromatic heterocycles. The van der Waals surface area contributed by atoms with Crippen molar-refractivity contribution in [2.45, 2.75) is 18.8 Å². The number of benzene rings is 3. The SMILES string of the molecule is CCC(c1ccccc1)(c1cccc(C(=O)O)c1C(=O)O)c1cccc(C(=O)O)c1C(=O)O. The molecule has 0 heterocycles. The van der Waals surface area contributed by atoms with Crippen LogP contribution in [0, 0.1) is 0 Å². The van der Waals surface area contributed by atoms with E-state index in [0.29, 0.717) is 5.56 Å². The summed E-state index contributed by atoms with van der Waals surface area (Å²) in [7, 11) is 0. The molecule has 0 saturated carbocycles. The second-order valence-corrected chi connectivity index (χ2v) is 7.30. The predicted octanol–water partition coefficient (Wildman–Crippen LogP) is 4.22. The minimum absolute atomic E-state index is 0.0497. The molecule has 33 heavy (non-hydrogen) atoms. The summed E-state index contributed by atoms with van der Waals surface area (Å²) in [6.07, 6.45) is 0.115.